The number of rotatable bonds is 5. The van der Waals surface area contributed by atoms with Crippen LogP contribution in [0.1, 0.15) is 13.3 Å². The molecule has 0 atom stereocenters. The molecular formula is C12H21N3O5. The highest BCUT2D eigenvalue weighted by atomic mass is 16.5. The monoisotopic (exact) mass is 287 g/mol. The van der Waals surface area contributed by atoms with Crippen LogP contribution >= 0.6 is 0 Å². The fourth-order valence-corrected chi connectivity index (χ4v) is 2.06. The second kappa shape index (κ2) is 8.49. The van der Waals surface area contributed by atoms with Crippen molar-refractivity contribution in [3.05, 3.63) is 0 Å². The van der Waals surface area contributed by atoms with E-state index in [4.69, 9.17) is 5.11 Å². The fourth-order valence-electron chi connectivity index (χ4n) is 2.06. The zero-order valence-corrected chi connectivity index (χ0v) is 11.6. The molecule has 0 saturated carbocycles. The minimum atomic E-state index is -0.849. The second-order valence-electron chi connectivity index (χ2n) is 4.57. The average Bonchev–Trinajstić information content (AvgIpc) is 2.54. The van der Waals surface area contributed by atoms with Gasteiger partial charge < -0.3 is 9.84 Å². The maximum atomic E-state index is 11.6. The van der Waals surface area contributed by atoms with Crippen LogP contribution in [0.5, 0.6) is 0 Å². The Kier molecular flexibility index (Phi) is 6.96. The number of aliphatic carboxylic acids is 1. The largest absolute Gasteiger partial charge is 0.480 e. The van der Waals surface area contributed by atoms with E-state index in [2.05, 4.69) is 10.1 Å². The van der Waals surface area contributed by atoms with Crippen LogP contribution < -0.4 is 5.32 Å². The summed E-state index contributed by atoms with van der Waals surface area (Å²) in [6, 6.07) is 0. The molecule has 0 spiro atoms. The summed E-state index contributed by atoms with van der Waals surface area (Å²) in [5.41, 5.74) is 0. The van der Waals surface area contributed by atoms with Crippen molar-refractivity contribution in [3.8, 4) is 0 Å². The summed E-state index contributed by atoms with van der Waals surface area (Å²) in [5, 5.41) is 10.9. The van der Waals surface area contributed by atoms with Gasteiger partial charge in [0.25, 0.3) is 0 Å². The Hall–Kier alpha value is -1.67. The predicted molar refractivity (Wildman–Crippen MR) is 70.3 cm³/mol. The van der Waals surface area contributed by atoms with Crippen LogP contribution in [-0.4, -0.2) is 78.8 Å². The smallest absolute Gasteiger partial charge is 0.413 e. The number of nitrogens with one attached hydrogen (secondary N) is 1. The van der Waals surface area contributed by atoms with Gasteiger partial charge in [-0.25, -0.2) is 4.79 Å². The number of alkyl carbamates (subject to hydrolysis) is 1. The van der Waals surface area contributed by atoms with E-state index in [9.17, 15) is 14.4 Å². The van der Waals surface area contributed by atoms with Crippen molar-refractivity contribution in [3.63, 3.8) is 0 Å². The average molecular weight is 287 g/mol. The van der Waals surface area contributed by atoms with Crippen molar-refractivity contribution in [2.24, 2.45) is 0 Å². The summed E-state index contributed by atoms with van der Waals surface area (Å²) in [4.78, 5) is 37.1. The molecule has 0 radical (unpaired) electrons. The van der Waals surface area contributed by atoms with Gasteiger partial charge in [-0.1, -0.05) is 0 Å². The van der Waals surface area contributed by atoms with Gasteiger partial charge in [0.05, 0.1) is 19.7 Å². The molecule has 114 valence electrons. The number of ether oxygens (including phenoxy) is 1. The molecule has 0 bridgehead atoms. The number of carboxylic acid groups (broad SMARTS) is 1. The van der Waals surface area contributed by atoms with E-state index in [0.29, 0.717) is 26.2 Å². The lowest BCUT2D eigenvalue weighted by atomic mass is 10.3. The van der Waals surface area contributed by atoms with Crippen LogP contribution in [0.25, 0.3) is 0 Å². The summed E-state index contributed by atoms with van der Waals surface area (Å²) in [6.45, 7) is 4.60. The van der Waals surface area contributed by atoms with Gasteiger partial charge in [-0.2, -0.15) is 0 Å². The van der Waals surface area contributed by atoms with Gasteiger partial charge >= 0.3 is 12.1 Å². The highest BCUT2D eigenvalue weighted by molar-refractivity contribution is 5.92. The van der Waals surface area contributed by atoms with Crippen molar-refractivity contribution in [2.75, 3.05) is 45.9 Å². The predicted octanol–water partition coefficient (Wildman–Crippen LogP) is -0.649. The Morgan fingerprint density at radius 2 is 1.70 bits per heavy atom. The lowest BCUT2D eigenvalue weighted by Crippen LogP contribution is -2.41. The first-order valence-corrected chi connectivity index (χ1v) is 6.64. The van der Waals surface area contributed by atoms with Gasteiger partial charge in [-0.15, -0.1) is 0 Å². The fraction of sp³-hybridized carbons (Fsp3) is 0.750. The number of hydrogen-bond acceptors (Lipinski definition) is 6. The van der Waals surface area contributed by atoms with E-state index in [1.807, 2.05) is 9.80 Å². The molecule has 8 heteroatoms. The van der Waals surface area contributed by atoms with E-state index >= 15 is 0 Å². The molecule has 0 aromatic heterocycles. The van der Waals surface area contributed by atoms with Crippen molar-refractivity contribution in [1.29, 1.82) is 0 Å². The lowest BCUT2D eigenvalue weighted by Gasteiger charge is -2.19. The maximum Gasteiger partial charge on any atom is 0.413 e. The number of hydrogen-bond donors (Lipinski definition) is 2. The molecule has 8 nitrogen and oxygen atoms in total. The molecule has 1 saturated heterocycles. The van der Waals surface area contributed by atoms with Crippen molar-refractivity contribution < 1.29 is 24.2 Å². The third-order valence-electron chi connectivity index (χ3n) is 2.92. The third kappa shape index (κ3) is 6.48. The number of imide groups is 1. The summed E-state index contributed by atoms with van der Waals surface area (Å²) < 4.78 is 4.62. The molecule has 1 aliphatic heterocycles. The van der Waals surface area contributed by atoms with E-state index < -0.39 is 18.0 Å². The molecule has 1 fully saturated rings. The molecule has 0 aromatic rings. The number of amides is 2. The van der Waals surface area contributed by atoms with Crippen molar-refractivity contribution in [1.82, 2.24) is 15.1 Å². The molecule has 2 N–H and O–H groups in total. The first-order chi connectivity index (χ1) is 9.51. The number of nitrogens with zero attached hydrogens (tertiary/aromatic N) is 2. The number of carbonyl (C=O) groups is 3. The first-order valence-electron chi connectivity index (χ1n) is 6.64. The molecule has 0 aliphatic carbocycles. The van der Waals surface area contributed by atoms with Gasteiger partial charge in [-0.3, -0.25) is 24.7 Å². The minimum absolute atomic E-state index is 0.0167. The summed E-state index contributed by atoms with van der Waals surface area (Å²) in [7, 11) is 0. The van der Waals surface area contributed by atoms with Crippen LogP contribution in [0.15, 0.2) is 0 Å². The SMILES string of the molecule is CCOC(=O)NC(=O)CN1CCCN(CC(=O)O)CC1. The minimum Gasteiger partial charge on any atom is -0.480 e. The van der Waals surface area contributed by atoms with E-state index in [1.165, 1.54) is 0 Å². The normalized spacial score (nSPS) is 17.2. The van der Waals surface area contributed by atoms with Crippen LogP contribution in [-0.2, 0) is 14.3 Å². The number of carboxylic acids is 1. The molecule has 1 aliphatic rings. The Morgan fingerprint density at radius 1 is 1.10 bits per heavy atom. The van der Waals surface area contributed by atoms with E-state index in [0.717, 1.165) is 6.42 Å². The van der Waals surface area contributed by atoms with Crippen LogP contribution in [0.2, 0.25) is 0 Å². The zero-order valence-electron chi connectivity index (χ0n) is 11.6. The zero-order chi connectivity index (χ0) is 15.0. The molecule has 1 heterocycles. The highest BCUT2D eigenvalue weighted by Gasteiger charge is 2.19. The van der Waals surface area contributed by atoms with Gasteiger partial charge in [0.2, 0.25) is 5.91 Å². The molecule has 1 rings (SSSR count). The molecular weight excluding hydrogens is 266 g/mol. The third-order valence-corrected chi connectivity index (χ3v) is 2.92. The number of carbonyl (C=O) groups excluding carboxylic acids is 2. The van der Waals surface area contributed by atoms with Gasteiger partial charge in [-0.05, 0) is 19.9 Å². The molecule has 0 unspecified atom stereocenters. The Labute approximate surface area is 117 Å². The summed E-state index contributed by atoms with van der Waals surface area (Å²) in [6.07, 6.45) is 0.0554. The van der Waals surface area contributed by atoms with Gasteiger partial charge in [0.15, 0.2) is 0 Å². The summed E-state index contributed by atoms with van der Waals surface area (Å²) >= 11 is 0. The summed E-state index contributed by atoms with van der Waals surface area (Å²) in [5.74, 6) is -1.26. The van der Waals surface area contributed by atoms with E-state index in [1.54, 1.807) is 6.92 Å². The quantitative estimate of drug-likeness (QED) is 0.693. The van der Waals surface area contributed by atoms with Gasteiger partial charge in [0, 0.05) is 19.6 Å². The van der Waals surface area contributed by atoms with E-state index in [-0.39, 0.29) is 19.7 Å². The molecule has 2 amide bonds. The van der Waals surface area contributed by atoms with Crippen molar-refractivity contribution >= 4 is 18.0 Å². The van der Waals surface area contributed by atoms with Crippen LogP contribution in [0.3, 0.4) is 0 Å². The Balaban J connectivity index is 2.32. The highest BCUT2D eigenvalue weighted by Crippen LogP contribution is 2.02. The topological polar surface area (TPSA) is 99.2 Å². The second-order valence-corrected chi connectivity index (χ2v) is 4.57. The van der Waals surface area contributed by atoms with Crippen LogP contribution in [0, 0.1) is 0 Å². The van der Waals surface area contributed by atoms with Crippen molar-refractivity contribution in [2.45, 2.75) is 13.3 Å². The molecule has 0 aromatic carbocycles. The lowest BCUT2D eigenvalue weighted by molar-refractivity contribution is -0.138. The Bertz CT molecular complexity index is 361. The standard InChI is InChI=1S/C12H21N3O5/c1-2-20-12(19)13-10(16)8-14-4-3-5-15(7-6-14)9-11(17)18/h2-9H2,1H3,(H,17,18)(H,13,16,19). The maximum absolute atomic E-state index is 11.6. The molecule has 20 heavy (non-hydrogen) atoms. The Morgan fingerprint density at radius 3 is 2.25 bits per heavy atom. The van der Waals surface area contributed by atoms with Gasteiger partial charge in [0.1, 0.15) is 0 Å². The van der Waals surface area contributed by atoms with Crippen LogP contribution in [0.4, 0.5) is 4.79 Å². The first kappa shape index (κ1) is 16.4.